The lowest BCUT2D eigenvalue weighted by atomic mass is 9.83. The van der Waals surface area contributed by atoms with Gasteiger partial charge in [0, 0.05) is 16.3 Å². The largest absolute Gasteiger partial charge is 0.508 e. The Bertz CT molecular complexity index is 381. The Labute approximate surface area is 111 Å². The van der Waals surface area contributed by atoms with E-state index in [-0.39, 0.29) is 11.9 Å². The van der Waals surface area contributed by atoms with Gasteiger partial charge in [-0.3, -0.25) is 0 Å². The first kappa shape index (κ1) is 13.4. The van der Waals surface area contributed by atoms with Gasteiger partial charge in [-0.15, -0.1) is 0 Å². The van der Waals surface area contributed by atoms with Crippen LogP contribution < -0.4 is 4.74 Å². The maximum absolute atomic E-state index is 10.3. The first-order chi connectivity index (χ1) is 8.70. The van der Waals surface area contributed by atoms with Crippen LogP contribution in [0.2, 0.25) is 6.04 Å². The highest BCUT2D eigenvalue weighted by Crippen LogP contribution is 2.31. The summed E-state index contributed by atoms with van der Waals surface area (Å²) in [6, 6.07) is 7.65. The van der Waals surface area contributed by atoms with Crippen molar-refractivity contribution in [3.63, 3.8) is 0 Å². The van der Waals surface area contributed by atoms with Crippen LogP contribution in [0, 0.1) is 5.92 Å². The molecule has 4 heteroatoms. The maximum atomic E-state index is 10.3. The average Bonchev–Trinajstić information content (AvgIpc) is 2.35. The summed E-state index contributed by atoms with van der Waals surface area (Å²) in [5.74, 6) is 1.12. The number of rotatable bonds is 4. The first-order valence-electron chi connectivity index (χ1n) is 6.49. The monoisotopic (exact) mass is 263 g/mol. The molecule has 1 saturated carbocycles. The summed E-state index contributed by atoms with van der Waals surface area (Å²) < 4.78 is 5.80. The number of hydrogen-bond donors (Lipinski definition) is 2. The molecule has 0 aromatic heterocycles. The van der Waals surface area contributed by atoms with E-state index >= 15 is 0 Å². The number of hydrogen-bond acceptors (Lipinski definition) is 3. The smallest absolute Gasteiger partial charge is 0.125 e. The van der Waals surface area contributed by atoms with Gasteiger partial charge in [0.25, 0.3) is 0 Å². The fraction of sp³-hybridized carbons (Fsp3) is 0.571. The second kappa shape index (κ2) is 6.25. The van der Waals surface area contributed by atoms with Crippen LogP contribution in [0.4, 0.5) is 0 Å². The molecule has 0 saturated heterocycles. The topological polar surface area (TPSA) is 49.7 Å². The van der Waals surface area contributed by atoms with Crippen LogP contribution in [0.5, 0.6) is 11.5 Å². The third-order valence-corrected chi connectivity index (χ3v) is 3.84. The van der Waals surface area contributed by atoms with Crippen LogP contribution in [-0.2, 0) is 0 Å². The predicted molar refractivity (Wildman–Crippen MR) is 71.0 cm³/mol. The summed E-state index contributed by atoms with van der Waals surface area (Å²) in [7, 11) is 3.47. The molecule has 18 heavy (non-hydrogen) atoms. The van der Waals surface area contributed by atoms with Crippen molar-refractivity contribution in [1.82, 2.24) is 0 Å². The zero-order valence-electron chi connectivity index (χ0n) is 10.4. The Morgan fingerprint density at radius 2 is 2.17 bits per heavy atom. The molecular weight excluding hydrogens is 244 g/mol. The molecule has 1 aromatic rings. The molecule has 0 amide bonds. The van der Waals surface area contributed by atoms with Gasteiger partial charge in [-0.1, -0.05) is 18.5 Å². The van der Waals surface area contributed by atoms with E-state index in [4.69, 9.17) is 4.74 Å². The van der Waals surface area contributed by atoms with E-state index in [9.17, 15) is 10.2 Å². The van der Waals surface area contributed by atoms with Crippen LogP contribution in [0.3, 0.4) is 0 Å². The SMILES string of the molecule is Oc1cccc(OC2CCCC(CC[Si])C2O)c1. The molecule has 3 radical (unpaired) electrons. The highest BCUT2D eigenvalue weighted by molar-refractivity contribution is 6.08. The molecule has 0 heterocycles. The fourth-order valence-electron chi connectivity index (χ4n) is 2.59. The lowest BCUT2D eigenvalue weighted by Crippen LogP contribution is -2.41. The number of aliphatic hydroxyl groups excluding tert-OH is 1. The van der Waals surface area contributed by atoms with Gasteiger partial charge in [0.05, 0.1) is 6.10 Å². The van der Waals surface area contributed by atoms with Gasteiger partial charge in [0.15, 0.2) is 0 Å². The number of aromatic hydroxyl groups is 1. The lowest BCUT2D eigenvalue weighted by Gasteiger charge is -2.34. The average molecular weight is 263 g/mol. The lowest BCUT2D eigenvalue weighted by molar-refractivity contribution is -0.0320. The third kappa shape index (κ3) is 3.27. The summed E-state index contributed by atoms with van der Waals surface area (Å²) in [5, 5.41) is 19.7. The highest BCUT2D eigenvalue weighted by atomic mass is 28.1. The van der Waals surface area contributed by atoms with E-state index in [2.05, 4.69) is 10.2 Å². The van der Waals surface area contributed by atoms with E-state index < -0.39 is 6.10 Å². The van der Waals surface area contributed by atoms with E-state index in [0.29, 0.717) is 11.7 Å². The van der Waals surface area contributed by atoms with Crippen LogP contribution in [0.15, 0.2) is 24.3 Å². The Morgan fingerprint density at radius 3 is 2.89 bits per heavy atom. The molecule has 1 aliphatic carbocycles. The minimum atomic E-state index is -0.419. The molecule has 0 spiro atoms. The van der Waals surface area contributed by atoms with E-state index in [1.807, 2.05) is 0 Å². The van der Waals surface area contributed by atoms with Crippen molar-refractivity contribution in [3.05, 3.63) is 24.3 Å². The van der Waals surface area contributed by atoms with Gasteiger partial charge >= 0.3 is 0 Å². The molecule has 97 valence electrons. The zero-order valence-corrected chi connectivity index (χ0v) is 11.4. The van der Waals surface area contributed by atoms with Crippen LogP contribution in [0.25, 0.3) is 0 Å². The number of benzene rings is 1. The van der Waals surface area contributed by atoms with Gasteiger partial charge in [-0.25, -0.2) is 0 Å². The summed E-state index contributed by atoms with van der Waals surface area (Å²) in [4.78, 5) is 0. The van der Waals surface area contributed by atoms with Gasteiger partial charge in [0.1, 0.15) is 17.6 Å². The van der Waals surface area contributed by atoms with Crippen LogP contribution in [0.1, 0.15) is 25.7 Å². The number of ether oxygens (including phenoxy) is 1. The number of phenols is 1. The van der Waals surface area contributed by atoms with Crippen LogP contribution >= 0.6 is 0 Å². The summed E-state index contributed by atoms with van der Waals surface area (Å²) in [6.45, 7) is 0. The van der Waals surface area contributed by atoms with Crippen molar-refractivity contribution in [2.75, 3.05) is 0 Å². The molecule has 2 N–H and O–H groups in total. The summed E-state index contributed by atoms with van der Waals surface area (Å²) in [6.07, 6.45) is 3.40. The van der Waals surface area contributed by atoms with E-state index in [0.717, 1.165) is 31.7 Å². The standard InChI is InChI=1S/C14H19O3Si/c15-11-4-2-5-12(9-11)17-13-6-1-3-10(7-8-18)14(13)16/h2,4-5,9-10,13-16H,1,3,6-8H2. The second-order valence-electron chi connectivity index (χ2n) is 4.87. The quantitative estimate of drug-likeness (QED) is 0.819. The molecule has 1 aliphatic rings. The summed E-state index contributed by atoms with van der Waals surface area (Å²) >= 11 is 0. The van der Waals surface area contributed by atoms with E-state index in [1.54, 1.807) is 24.3 Å². The van der Waals surface area contributed by atoms with Crippen molar-refractivity contribution in [2.24, 2.45) is 5.92 Å². The summed E-state index contributed by atoms with van der Waals surface area (Å²) in [5.41, 5.74) is 0. The minimum absolute atomic E-state index is 0.163. The number of aliphatic hydroxyl groups is 1. The first-order valence-corrected chi connectivity index (χ1v) is 7.20. The van der Waals surface area contributed by atoms with Gasteiger partial charge < -0.3 is 14.9 Å². The molecule has 0 aliphatic heterocycles. The normalized spacial score (nSPS) is 28.0. The molecule has 3 nitrogen and oxygen atoms in total. The molecule has 1 fully saturated rings. The zero-order chi connectivity index (χ0) is 13.0. The van der Waals surface area contributed by atoms with Crippen molar-refractivity contribution < 1.29 is 14.9 Å². The van der Waals surface area contributed by atoms with Crippen molar-refractivity contribution in [3.8, 4) is 11.5 Å². The predicted octanol–water partition coefficient (Wildman–Crippen LogP) is 2.28. The van der Waals surface area contributed by atoms with Crippen LogP contribution in [-0.4, -0.2) is 32.7 Å². The Morgan fingerprint density at radius 1 is 1.33 bits per heavy atom. The molecule has 2 rings (SSSR count). The minimum Gasteiger partial charge on any atom is -0.508 e. The van der Waals surface area contributed by atoms with Gasteiger partial charge in [0.2, 0.25) is 0 Å². The Balaban J connectivity index is 1.99. The van der Waals surface area contributed by atoms with Gasteiger partial charge in [-0.2, -0.15) is 0 Å². The molecule has 3 unspecified atom stereocenters. The van der Waals surface area contributed by atoms with Crippen molar-refractivity contribution in [2.45, 2.75) is 43.9 Å². The molecule has 1 aromatic carbocycles. The van der Waals surface area contributed by atoms with Crippen molar-refractivity contribution >= 4 is 10.2 Å². The van der Waals surface area contributed by atoms with Crippen molar-refractivity contribution in [1.29, 1.82) is 0 Å². The number of phenolic OH excluding ortho intramolecular Hbond substituents is 1. The van der Waals surface area contributed by atoms with Gasteiger partial charge in [-0.05, 0) is 37.3 Å². The third-order valence-electron chi connectivity index (χ3n) is 3.55. The molecular formula is C14H19O3Si. The highest BCUT2D eigenvalue weighted by Gasteiger charge is 2.32. The Hall–Kier alpha value is -1.00. The molecule has 0 bridgehead atoms. The maximum Gasteiger partial charge on any atom is 0.125 e. The van der Waals surface area contributed by atoms with E-state index in [1.165, 1.54) is 0 Å². The molecule has 3 atom stereocenters. The fourth-order valence-corrected chi connectivity index (χ4v) is 2.96. The second-order valence-corrected chi connectivity index (χ2v) is 5.37. The Kier molecular flexibility index (Phi) is 4.66.